The largest absolute Gasteiger partial charge is 0.478 e. The highest BCUT2D eigenvalue weighted by atomic mass is 35.5. The number of carboxylic acids is 1. The van der Waals surface area contributed by atoms with Gasteiger partial charge in [-0.3, -0.25) is 14.4 Å². The summed E-state index contributed by atoms with van der Waals surface area (Å²) >= 11 is 2.19. The lowest BCUT2D eigenvalue weighted by Gasteiger charge is -2.52. The molecule has 0 radical (unpaired) electrons. The molecule has 48 heavy (non-hydrogen) atoms. The Morgan fingerprint density at radius 2 is 1.27 bits per heavy atom. The molecule has 0 bridgehead atoms. The number of ether oxygens (including phenoxy) is 2. The topological polar surface area (TPSA) is 136 Å². The lowest BCUT2D eigenvalue weighted by molar-refractivity contribution is -0.186. The van der Waals surface area contributed by atoms with Crippen LogP contribution in [0.1, 0.15) is 44.5 Å². The van der Waals surface area contributed by atoms with Crippen molar-refractivity contribution in [1.29, 1.82) is 0 Å². The van der Waals surface area contributed by atoms with E-state index in [1.54, 1.807) is 66.5 Å². The predicted octanol–water partition coefficient (Wildman–Crippen LogP) is 7.13. The van der Waals surface area contributed by atoms with E-state index < -0.39 is 33.8 Å². The predicted molar refractivity (Wildman–Crippen MR) is 191 cm³/mol. The van der Waals surface area contributed by atoms with E-state index in [9.17, 15) is 24.3 Å². The van der Waals surface area contributed by atoms with Gasteiger partial charge >= 0.3 is 17.9 Å². The summed E-state index contributed by atoms with van der Waals surface area (Å²) in [6.45, 7) is 2.50. The number of carboxylic acid groups (broad SMARTS) is 1. The van der Waals surface area contributed by atoms with Crippen molar-refractivity contribution in [3.8, 4) is 0 Å². The number of benzene rings is 4. The smallest absolute Gasteiger partial charge is 0.361 e. The molecule has 1 aliphatic heterocycles. The summed E-state index contributed by atoms with van der Waals surface area (Å²) < 4.78 is 10.8. The van der Waals surface area contributed by atoms with E-state index in [0.717, 1.165) is 22.2 Å². The number of thioether (sulfide) groups is 2. The average molecular weight is 711 g/mol. The molecular formula is C36H39ClN2O7S2. The summed E-state index contributed by atoms with van der Waals surface area (Å²) in [6.07, 6.45) is 0. The molecular weight excluding hydrogens is 672 g/mol. The van der Waals surface area contributed by atoms with Crippen LogP contribution in [0.3, 0.4) is 0 Å². The van der Waals surface area contributed by atoms with Crippen LogP contribution < -0.4 is 5.73 Å². The van der Waals surface area contributed by atoms with Crippen LogP contribution in [0.25, 0.3) is 0 Å². The van der Waals surface area contributed by atoms with Crippen molar-refractivity contribution in [2.24, 2.45) is 5.73 Å². The average Bonchev–Trinajstić information content (AvgIpc) is 3.05. The molecule has 1 saturated heterocycles. The molecule has 3 N–H and O–H groups in total. The summed E-state index contributed by atoms with van der Waals surface area (Å²) in [5, 5.41) is 9.79. The number of halogens is 1. The van der Waals surface area contributed by atoms with Gasteiger partial charge in [-0.25, -0.2) is 4.79 Å². The Bertz CT molecular complexity index is 1650. The van der Waals surface area contributed by atoms with Crippen molar-refractivity contribution in [1.82, 2.24) is 4.90 Å². The lowest BCUT2D eigenvalue weighted by Crippen LogP contribution is -2.66. The number of amides is 1. The molecule has 4 atom stereocenters. The van der Waals surface area contributed by atoms with Crippen molar-refractivity contribution in [3.05, 3.63) is 132 Å². The van der Waals surface area contributed by atoms with Crippen molar-refractivity contribution < 1.29 is 33.8 Å². The van der Waals surface area contributed by atoms with E-state index >= 15 is 0 Å². The number of esters is 2. The van der Waals surface area contributed by atoms with Gasteiger partial charge in [0.15, 0.2) is 0 Å². The fourth-order valence-electron chi connectivity index (χ4n) is 4.97. The molecule has 0 aliphatic carbocycles. The van der Waals surface area contributed by atoms with Crippen LogP contribution >= 0.6 is 35.9 Å². The van der Waals surface area contributed by atoms with Crippen LogP contribution in [0.4, 0.5) is 0 Å². The number of hydrogen-bond donors (Lipinski definition) is 2. The second-order valence-electron chi connectivity index (χ2n) is 10.3. The second kappa shape index (κ2) is 17.7. The highest BCUT2D eigenvalue weighted by Crippen LogP contribution is 2.54. The third kappa shape index (κ3) is 8.99. The standard InChI is InChI=1S/C18H17NO3S.C17H17NO4S.CH4.ClH/c1-13(20)22-18(23-15-11-7-4-8-12-15)16(19(2)17(18)21)14-9-5-3-6-10-14;1-12(19)22-17(16(20)21,23-14-10-6-3-7-11-14)15(18)13-8-4-2-5-9-13;;/h3-12,16H,1-2H3;2-11,15H,18H2,1H3,(H,20,21);1H4;1H/t16-,18-;15-,17-;;/m00../s1. The van der Waals surface area contributed by atoms with E-state index in [2.05, 4.69) is 0 Å². The van der Waals surface area contributed by atoms with E-state index in [0.29, 0.717) is 10.5 Å². The molecule has 4 aromatic rings. The third-order valence-electron chi connectivity index (χ3n) is 6.96. The first kappa shape index (κ1) is 39.9. The van der Waals surface area contributed by atoms with Gasteiger partial charge in [-0.05, 0) is 35.4 Å². The molecule has 254 valence electrons. The molecule has 0 spiro atoms. The summed E-state index contributed by atoms with van der Waals surface area (Å²) in [6, 6.07) is 35.4. The Morgan fingerprint density at radius 1 is 0.812 bits per heavy atom. The Hall–Kier alpha value is -4.29. The SMILES string of the molecule is C.CC(=O)O[C@@](Sc1ccccc1)(C(=O)O)[C@@H](N)c1ccccc1.CC(=O)O[C@@]1(Sc2ccccc2)C(=O)N(C)[C@H]1c1ccccc1.Cl. The number of likely N-dealkylation sites (N-methyl/N-ethyl adjacent to an activating group) is 1. The number of hydrogen-bond acceptors (Lipinski definition) is 9. The van der Waals surface area contributed by atoms with Crippen molar-refractivity contribution in [3.63, 3.8) is 0 Å². The number of likely N-dealkylation sites (tertiary alicyclic amines) is 1. The van der Waals surface area contributed by atoms with Gasteiger partial charge in [0.05, 0.1) is 6.04 Å². The van der Waals surface area contributed by atoms with Gasteiger partial charge in [0.2, 0.25) is 0 Å². The zero-order valence-corrected chi connectivity index (χ0v) is 28.3. The summed E-state index contributed by atoms with van der Waals surface area (Å²) in [5.41, 5.74) is 7.71. The number of carbonyl (C=O) groups is 4. The number of β-lactam (4-membered cyclic amide) rings is 1. The Labute approximate surface area is 295 Å². The van der Waals surface area contributed by atoms with Gasteiger partial charge < -0.3 is 25.2 Å². The molecule has 1 fully saturated rings. The maximum absolute atomic E-state index is 12.6. The monoisotopic (exact) mass is 710 g/mol. The van der Waals surface area contributed by atoms with Crippen LogP contribution in [-0.2, 0) is 28.7 Å². The zero-order valence-electron chi connectivity index (χ0n) is 25.8. The molecule has 12 heteroatoms. The minimum Gasteiger partial charge on any atom is -0.478 e. The highest BCUT2D eigenvalue weighted by molar-refractivity contribution is 8.01. The van der Waals surface area contributed by atoms with Crippen molar-refractivity contribution >= 4 is 59.7 Å². The van der Waals surface area contributed by atoms with Gasteiger partial charge in [-0.15, -0.1) is 12.4 Å². The number of nitrogens with zero attached hydrogens (tertiary/aromatic N) is 1. The summed E-state index contributed by atoms with van der Waals surface area (Å²) in [4.78, 5) is 47.8. The van der Waals surface area contributed by atoms with E-state index in [1.807, 2.05) is 66.7 Å². The molecule has 5 rings (SSSR count). The number of rotatable bonds is 10. The van der Waals surface area contributed by atoms with Crippen LogP contribution in [0.2, 0.25) is 0 Å². The van der Waals surface area contributed by atoms with Gasteiger partial charge in [-0.1, -0.05) is 128 Å². The van der Waals surface area contributed by atoms with Crippen LogP contribution in [0.15, 0.2) is 131 Å². The van der Waals surface area contributed by atoms with Gasteiger partial charge in [0.25, 0.3) is 15.8 Å². The third-order valence-corrected chi connectivity index (χ3v) is 9.58. The molecule has 1 heterocycles. The Morgan fingerprint density at radius 3 is 1.73 bits per heavy atom. The molecule has 0 saturated carbocycles. The van der Waals surface area contributed by atoms with Crippen LogP contribution in [0.5, 0.6) is 0 Å². The molecule has 1 aliphatic rings. The Balaban J connectivity index is 0.000000320. The molecule has 4 aromatic carbocycles. The fraction of sp³-hybridized carbons (Fsp3) is 0.222. The zero-order chi connectivity index (χ0) is 33.3. The van der Waals surface area contributed by atoms with Crippen molar-refractivity contribution in [2.45, 2.75) is 53.0 Å². The first-order valence-corrected chi connectivity index (χ1v) is 15.9. The molecule has 9 nitrogen and oxygen atoms in total. The second-order valence-corrected chi connectivity index (χ2v) is 12.8. The highest BCUT2D eigenvalue weighted by Gasteiger charge is 2.64. The number of nitrogens with two attached hydrogens (primary N) is 1. The first-order chi connectivity index (χ1) is 22.0. The maximum Gasteiger partial charge on any atom is 0.361 e. The van der Waals surface area contributed by atoms with Gasteiger partial charge in [0.1, 0.15) is 6.04 Å². The number of aliphatic carboxylic acids is 1. The quantitative estimate of drug-likeness (QED) is 0.0757. The normalized spacial score (nSPS) is 18.1. The fourth-order valence-corrected chi connectivity index (χ4v) is 7.56. The van der Waals surface area contributed by atoms with Gasteiger partial charge in [-0.2, -0.15) is 0 Å². The first-order valence-electron chi connectivity index (χ1n) is 14.2. The van der Waals surface area contributed by atoms with Gasteiger partial charge in [0, 0.05) is 30.7 Å². The Kier molecular flexibility index (Phi) is 14.7. The summed E-state index contributed by atoms with van der Waals surface area (Å²) in [5.74, 6) is -2.67. The van der Waals surface area contributed by atoms with Crippen LogP contribution in [0, 0.1) is 0 Å². The molecule has 1 amide bonds. The van der Waals surface area contributed by atoms with Crippen molar-refractivity contribution in [2.75, 3.05) is 7.05 Å². The molecule has 0 aromatic heterocycles. The number of carbonyl (C=O) groups excluding carboxylic acids is 3. The van der Waals surface area contributed by atoms with E-state index in [1.165, 1.54) is 25.6 Å². The molecule has 0 unspecified atom stereocenters. The minimum atomic E-state index is -1.95. The maximum atomic E-state index is 12.6. The van der Waals surface area contributed by atoms with Crippen LogP contribution in [-0.4, -0.2) is 50.7 Å². The van der Waals surface area contributed by atoms with E-state index in [4.69, 9.17) is 15.2 Å². The minimum absolute atomic E-state index is 0. The van der Waals surface area contributed by atoms with E-state index in [-0.39, 0.29) is 31.8 Å². The lowest BCUT2D eigenvalue weighted by atomic mass is 9.90. The summed E-state index contributed by atoms with van der Waals surface area (Å²) in [7, 11) is 1.73.